The molecule has 0 fully saturated rings. The number of hydrogen-bond donors (Lipinski definition) is 0. The largest absolute Gasteiger partial charge is 0.481 e. The number of nitrogens with zero attached hydrogens (tertiary/aromatic N) is 1. The third kappa shape index (κ3) is 2.84. The zero-order valence-electron chi connectivity index (χ0n) is 11.4. The number of ether oxygens (including phenoxy) is 1. The Bertz CT molecular complexity index is 440. The van der Waals surface area contributed by atoms with Crippen molar-refractivity contribution in [3.05, 3.63) is 29.3 Å². The predicted molar refractivity (Wildman–Crippen MR) is 71.9 cm³/mol. The maximum absolute atomic E-state index is 11.7. The molecule has 1 aromatic rings. The maximum Gasteiger partial charge on any atom is 0.262 e. The van der Waals surface area contributed by atoms with Crippen LogP contribution in [0, 0.1) is 0 Å². The highest BCUT2D eigenvalue weighted by Gasteiger charge is 2.17. The van der Waals surface area contributed by atoms with Crippen molar-refractivity contribution < 1.29 is 9.53 Å². The Balaban J connectivity index is 2.08. The minimum atomic E-state index is -0.429. The topological polar surface area (TPSA) is 29.5 Å². The lowest BCUT2D eigenvalue weighted by Crippen LogP contribution is -2.35. The van der Waals surface area contributed by atoms with Crippen molar-refractivity contribution in [1.82, 2.24) is 4.90 Å². The highest BCUT2D eigenvalue weighted by molar-refractivity contribution is 5.80. The van der Waals surface area contributed by atoms with Gasteiger partial charge in [0.05, 0.1) is 0 Å². The lowest BCUT2D eigenvalue weighted by atomic mass is 9.92. The van der Waals surface area contributed by atoms with Crippen LogP contribution in [0.15, 0.2) is 18.2 Å². The molecule has 18 heavy (non-hydrogen) atoms. The van der Waals surface area contributed by atoms with Crippen LogP contribution in [0.1, 0.15) is 30.9 Å². The molecule has 2 rings (SSSR count). The first kappa shape index (κ1) is 12.9. The number of hydrogen-bond acceptors (Lipinski definition) is 2. The van der Waals surface area contributed by atoms with Gasteiger partial charge in [0.1, 0.15) is 5.75 Å². The summed E-state index contributed by atoms with van der Waals surface area (Å²) in [4.78, 5) is 13.3. The molecule has 1 atom stereocenters. The van der Waals surface area contributed by atoms with E-state index in [1.807, 2.05) is 6.07 Å². The molecule has 1 unspecified atom stereocenters. The van der Waals surface area contributed by atoms with Gasteiger partial charge in [0, 0.05) is 14.1 Å². The fourth-order valence-electron chi connectivity index (χ4n) is 2.40. The van der Waals surface area contributed by atoms with Crippen molar-refractivity contribution in [2.75, 3.05) is 14.1 Å². The van der Waals surface area contributed by atoms with E-state index in [1.54, 1.807) is 25.9 Å². The van der Waals surface area contributed by atoms with Crippen LogP contribution in [-0.2, 0) is 17.6 Å². The van der Waals surface area contributed by atoms with E-state index in [-0.39, 0.29) is 5.91 Å². The summed E-state index contributed by atoms with van der Waals surface area (Å²) in [5.41, 5.74) is 2.81. The van der Waals surface area contributed by atoms with E-state index < -0.39 is 6.10 Å². The standard InChI is InChI=1S/C15H21NO2/c1-11(15(17)16(2)3)18-14-9-8-12-6-4-5-7-13(12)10-14/h8-11H,4-7H2,1-3H3. The van der Waals surface area contributed by atoms with Gasteiger partial charge in [-0.3, -0.25) is 4.79 Å². The average molecular weight is 247 g/mol. The molecule has 1 aliphatic carbocycles. The van der Waals surface area contributed by atoms with Crippen LogP contribution in [0.3, 0.4) is 0 Å². The van der Waals surface area contributed by atoms with Crippen LogP contribution in [0.5, 0.6) is 5.75 Å². The Morgan fingerprint density at radius 2 is 1.89 bits per heavy atom. The molecule has 0 aliphatic heterocycles. The minimum absolute atomic E-state index is 0.00674. The Labute approximate surface area is 109 Å². The first-order chi connectivity index (χ1) is 8.58. The second-order valence-corrected chi connectivity index (χ2v) is 5.13. The van der Waals surface area contributed by atoms with Gasteiger partial charge < -0.3 is 9.64 Å². The summed E-state index contributed by atoms with van der Waals surface area (Å²) in [6, 6.07) is 6.20. The van der Waals surface area contributed by atoms with Gasteiger partial charge in [-0.25, -0.2) is 0 Å². The lowest BCUT2D eigenvalue weighted by molar-refractivity contribution is -0.135. The molecular weight excluding hydrogens is 226 g/mol. The number of fused-ring (bicyclic) bond motifs is 1. The zero-order valence-corrected chi connectivity index (χ0v) is 11.4. The number of aryl methyl sites for hydroxylation is 2. The van der Waals surface area contributed by atoms with Gasteiger partial charge in [0.15, 0.2) is 6.10 Å². The quantitative estimate of drug-likeness (QED) is 0.821. The minimum Gasteiger partial charge on any atom is -0.481 e. The van der Waals surface area contributed by atoms with E-state index in [4.69, 9.17) is 4.74 Å². The number of carbonyl (C=O) groups is 1. The highest BCUT2D eigenvalue weighted by Crippen LogP contribution is 2.25. The van der Waals surface area contributed by atoms with Crippen molar-refractivity contribution in [2.24, 2.45) is 0 Å². The number of carbonyl (C=O) groups excluding carboxylic acids is 1. The van der Waals surface area contributed by atoms with E-state index in [0.717, 1.165) is 12.2 Å². The Morgan fingerprint density at radius 1 is 1.22 bits per heavy atom. The predicted octanol–water partition coefficient (Wildman–Crippen LogP) is 2.42. The van der Waals surface area contributed by atoms with E-state index in [9.17, 15) is 4.79 Å². The van der Waals surface area contributed by atoms with Gasteiger partial charge in [-0.15, -0.1) is 0 Å². The Morgan fingerprint density at radius 3 is 2.56 bits per heavy atom. The third-order valence-electron chi connectivity index (χ3n) is 3.42. The summed E-state index contributed by atoms with van der Waals surface area (Å²) in [7, 11) is 3.49. The molecule has 3 nitrogen and oxygen atoms in total. The Hall–Kier alpha value is -1.51. The molecule has 0 heterocycles. The van der Waals surface area contributed by atoms with Gasteiger partial charge in [-0.1, -0.05) is 6.07 Å². The van der Waals surface area contributed by atoms with E-state index in [0.29, 0.717) is 0 Å². The van der Waals surface area contributed by atoms with Gasteiger partial charge in [0.2, 0.25) is 0 Å². The summed E-state index contributed by atoms with van der Waals surface area (Å²) in [6.07, 6.45) is 4.40. The van der Waals surface area contributed by atoms with Crippen molar-refractivity contribution in [3.63, 3.8) is 0 Å². The molecule has 1 aromatic carbocycles. The van der Waals surface area contributed by atoms with Gasteiger partial charge in [-0.05, 0) is 55.9 Å². The molecule has 0 radical (unpaired) electrons. The smallest absolute Gasteiger partial charge is 0.262 e. The second kappa shape index (κ2) is 5.42. The van der Waals surface area contributed by atoms with Crippen LogP contribution in [0.25, 0.3) is 0 Å². The summed E-state index contributed by atoms with van der Waals surface area (Å²) < 4.78 is 5.71. The molecule has 98 valence electrons. The van der Waals surface area contributed by atoms with Crippen LogP contribution < -0.4 is 4.74 Å². The van der Waals surface area contributed by atoms with Gasteiger partial charge in [-0.2, -0.15) is 0 Å². The number of amides is 1. The van der Waals surface area contributed by atoms with E-state index >= 15 is 0 Å². The summed E-state index contributed by atoms with van der Waals surface area (Å²) in [5.74, 6) is 0.797. The number of likely N-dealkylation sites (N-methyl/N-ethyl adjacent to an activating group) is 1. The molecule has 1 aliphatic rings. The molecule has 0 bridgehead atoms. The zero-order chi connectivity index (χ0) is 13.1. The molecule has 3 heteroatoms. The Kier molecular flexibility index (Phi) is 3.90. The molecule has 0 saturated heterocycles. The van der Waals surface area contributed by atoms with Crippen LogP contribution in [0.2, 0.25) is 0 Å². The molecule has 0 spiro atoms. The summed E-state index contributed by atoms with van der Waals surface area (Å²) >= 11 is 0. The van der Waals surface area contributed by atoms with E-state index in [2.05, 4.69) is 12.1 Å². The summed E-state index contributed by atoms with van der Waals surface area (Å²) in [5, 5.41) is 0. The van der Waals surface area contributed by atoms with Crippen LogP contribution in [0.4, 0.5) is 0 Å². The molecule has 1 amide bonds. The first-order valence-corrected chi connectivity index (χ1v) is 6.57. The highest BCUT2D eigenvalue weighted by atomic mass is 16.5. The first-order valence-electron chi connectivity index (χ1n) is 6.57. The van der Waals surface area contributed by atoms with Crippen molar-refractivity contribution in [1.29, 1.82) is 0 Å². The van der Waals surface area contributed by atoms with Crippen molar-refractivity contribution in [2.45, 2.75) is 38.7 Å². The lowest BCUT2D eigenvalue weighted by Gasteiger charge is -2.20. The van der Waals surface area contributed by atoms with Crippen LogP contribution in [-0.4, -0.2) is 31.0 Å². The number of benzene rings is 1. The fraction of sp³-hybridized carbons (Fsp3) is 0.533. The summed E-state index contributed by atoms with van der Waals surface area (Å²) in [6.45, 7) is 1.79. The van der Waals surface area contributed by atoms with Gasteiger partial charge >= 0.3 is 0 Å². The molecule has 0 aromatic heterocycles. The van der Waals surface area contributed by atoms with E-state index in [1.165, 1.54) is 30.4 Å². The maximum atomic E-state index is 11.7. The SMILES string of the molecule is CC(Oc1ccc2c(c1)CCCC2)C(=O)N(C)C. The molecule has 0 saturated carbocycles. The normalized spacial score (nSPS) is 15.7. The third-order valence-corrected chi connectivity index (χ3v) is 3.42. The van der Waals surface area contributed by atoms with Crippen LogP contribution >= 0.6 is 0 Å². The molecular formula is C15H21NO2. The average Bonchev–Trinajstić information content (AvgIpc) is 2.37. The van der Waals surface area contributed by atoms with Gasteiger partial charge in [0.25, 0.3) is 5.91 Å². The second-order valence-electron chi connectivity index (χ2n) is 5.13. The number of rotatable bonds is 3. The fourth-order valence-corrected chi connectivity index (χ4v) is 2.40. The van der Waals surface area contributed by atoms with Crippen molar-refractivity contribution >= 4 is 5.91 Å². The van der Waals surface area contributed by atoms with Crippen molar-refractivity contribution in [3.8, 4) is 5.75 Å². The molecule has 0 N–H and O–H groups in total. The monoisotopic (exact) mass is 247 g/mol.